The lowest BCUT2D eigenvalue weighted by atomic mass is 9.97. The highest BCUT2D eigenvalue weighted by Gasteiger charge is 2.23. The van der Waals surface area contributed by atoms with E-state index in [-0.39, 0.29) is 12.1 Å². The molecule has 0 spiro atoms. The minimum atomic E-state index is -1.27. The number of aliphatic hydroxyl groups excluding tert-OH is 2. The fourth-order valence-corrected chi connectivity index (χ4v) is 1.85. The molecule has 0 heterocycles. The van der Waals surface area contributed by atoms with Crippen LogP contribution in [-0.2, 0) is 4.74 Å². The maximum absolute atomic E-state index is 11.5. The van der Waals surface area contributed by atoms with Gasteiger partial charge in [-0.1, -0.05) is 17.7 Å². The van der Waals surface area contributed by atoms with Crippen molar-refractivity contribution in [2.75, 3.05) is 6.54 Å². The maximum Gasteiger partial charge on any atom is 0.407 e. The van der Waals surface area contributed by atoms with Crippen LogP contribution in [0, 0.1) is 18.3 Å². The van der Waals surface area contributed by atoms with Gasteiger partial charge in [0.05, 0.1) is 11.6 Å². The molecule has 0 bridgehead atoms. The van der Waals surface area contributed by atoms with Crippen molar-refractivity contribution in [3.63, 3.8) is 0 Å². The summed E-state index contributed by atoms with van der Waals surface area (Å²) in [5.74, 6) is 0. The Morgan fingerprint density at radius 3 is 2.59 bits per heavy atom. The summed E-state index contributed by atoms with van der Waals surface area (Å²) in [5, 5.41) is 31.6. The summed E-state index contributed by atoms with van der Waals surface area (Å²) in [5.41, 5.74) is 0.841. The Morgan fingerprint density at radius 1 is 1.41 bits per heavy atom. The third-order valence-corrected chi connectivity index (χ3v) is 2.87. The van der Waals surface area contributed by atoms with Crippen LogP contribution in [0.5, 0.6) is 0 Å². The molecule has 0 aliphatic rings. The van der Waals surface area contributed by atoms with Crippen LogP contribution in [0.2, 0.25) is 0 Å². The summed E-state index contributed by atoms with van der Waals surface area (Å²) in [7, 11) is 0. The van der Waals surface area contributed by atoms with E-state index in [1.807, 2.05) is 13.0 Å². The van der Waals surface area contributed by atoms with Crippen LogP contribution in [0.15, 0.2) is 18.2 Å². The summed E-state index contributed by atoms with van der Waals surface area (Å²) in [4.78, 5) is 11.5. The van der Waals surface area contributed by atoms with Gasteiger partial charge in [0.15, 0.2) is 0 Å². The van der Waals surface area contributed by atoms with Gasteiger partial charge in [0.1, 0.15) is 17.8 Å². The highest BCUT2D eigenvalue weighted by Crippen LogP contribution is 2.22. The molecule has 1 amide bonds. The van der Waals surface area contributed by atoms with Gasteiger partial charge in [-0.25, -0.2) is 4.79 Å². The minimum absolute atomic E-state index is 0.186. The SMILES string of the molecule is Cc1ccc(C#N)c(C(O)C(O)CNC(=O)OC(C)(C)C)c1. The molecule has 1 aromatic carbocycles. The Balaban J connectivity index is 2.70. The number of nitriles is 1. The van der Waals surface area contributed by atoms with E-state index in [2.05, 4.69) is 5.32 Å². The first-order valence-electron chi connectivity index (χ1n) is 6.97. The van der Waals surface area contributed by atoms with Crippen LogP contribution in [0.4, 0.5) is 4.79 Å². The normalized spacial score (nSPS) is 13.9. The van der Waals surface area contributed by atoms with Crippen molar-refractivity contribution in [3.8, 4) is 6.07 Å². The van der Waals surface area contributed by atoms with Gasteiger partial charge in [-0.2, -0.15) is 5.26 Å². The first kappa shape index (κ1) is 18.0. The molecule has 120 valence electrons. The molecular weight excluding hydrogens is 284 g/mol. The molecular formula is C16H22N2O4. The zero-order valence-corrected chi connectivity index (χ0v) is 13.3. The number of carbonyl (C=O) groups is 1. The van der Waals surface area contributed by atoms with Crippen molar-refractivity contribution in [1.82, 2.24) is 5.32 Å². The highest BCUT2D eigenvalue weighted by molar-refractivity contribution is 5.67. The molecule has 2 atom stereocenters. The molecule has 6 nitrogen and oxygen atoms in total. The van der Waals surface area contributed by atoms with Crippen molar-refractivity contribution < 1.29 is 19.7 Å². The highest BCUT2D eigenvalue weighted by atomic mass is 16.6. The Hall–Kier alpha value is -2.10. The standard InChI is InChI=1S/C16H22N2O4/c1-10-5-6-11(8-17)12(7-10)14(20)13(19)9-18-15(21)22-16(2,3)4/h5-7,13-14,19-20H,9H2,1-4H3,(H,18,21). The van der Waals surface area contributed by atoms with E-state index in [0.717, 1.165) is 5.56 Å². The van der Waals surface area contributed by atoms with Crippen LogP contribution >= 0.6 is 0 Å². The molecule has 0 saturated carbocycles. The second kappa shape index (κ2) is 7.25. The number of aliphatic hydroxyl groups is 2. The maximum atomic E-state index is 11.5. The number of alkyl carbamates (subject to hydrolysis) is 1. The van der Waals surface area contributed by atoms with Crippen LogP contribution in [0.3, 0.4) is 0 Å². The number of rotatable bonds is 4. The Bertz CT molecular complexity index is 572. The van der Waals surface area contributed by atoms with Crippen molar-refractivity contribution in [3.05, 3.63) is 34.9 Å². The number of carbonyl (C=O) groups excluding carboxylic acids is 1. The molecule has 0 aliphatic heterocycles. The number of ether oxygens (including phenoxy) is 1. The van der Waals surface area contributed by atoms with Crippen LogP contribution in [-0.4, -0.2) is 34.6 Å². The molecule has 0 saturated heterocycles. The van der Waals surface area contributed by atoms with Crippen molar-refractivity contribution in [1.29, 1.82) is 5.26 Å². The second-order valence-electron chi connectivity index (χ2n) is 6.10. The summed E-state index contributed by atoms with van der Waals surface area (Å²) < 4.78 is 5.04. The number of nitrogens with zero attached hydrogens (tertiary/aromatic N) is 1. The minimum Gasteiger partial charge on any atom is -0.444 e. The van der Waals surface area contributed by atoms with Crippen molar-refractivity contribution in [2.45, 2.75) is 45.5 Å². The van der Waals surface area contributed by atoms with Gasteiger partial charge in [0, 0.05) is 12.1 Å². The third-order valence-electron chi connectivity index (χ3n) is 2.87. The van der Waals surface area contributed by atoms with Gasteiger partial charge in [-0.15, -0.1) is 0 Å². The van der Waals surface area contributed by atoms with Crippen molar-refractivity contribution in [2.24, 2.45) is 0 Å². The summed E-state index contributed by atoms with van der Waals surface area (Å²) in [6.07, 6.45) is -3.20. The largest absolute Gasteiger partial charge is 0.444 e. The molecule has 22 heavy (non-hydrogen) atoms. The van der Waals surface area contributed by atoms with Gasteiger partial charge in [-0.3, -0.25) is 0 Å². The fraction of sp³-hybridized carbons (Fsp3) is 0.500. The number of aryl methyl sites for hydroxylation is 1. The quantitative estimate of drug-likeness (QED) is 0.787. The predicted octanol–water partition coefficient (Wildman–Crippen LogP) is 1.79. The van der Waals surface area contributed by atoms with Crippen LogP contribution < -0.4 is 5.32 Å². The monoisotopic (exact) mass is 306 g/mol. The smallest absolute Gasteiger partial charge is 0.407 e. The lowest BCUT2D eigenvalue weighted by Crippen LogP contribution is -2.39. The Kier molecular flexibility index (Phi) is 5.92. The van der Waals surface area contributed by atoms with Gasteiger partial charge in [0.2, 0.25) is 0 Å². The van der Waals surface area contributed by atoms with Gasteiger partial charge < -0.3 is 20.3 Å². The first-order valence-corrected chi connectivity index (χ1v) is 6.97. The zero-order valence-electron chi connectivity index (χ0n) is 13.3. The molecule has 0 fully saturated rings. The van der Waals surface area contributed by atoms with Crippen LogP contribution in [0.25, 0.3) is 0 Å². The Morgan fingerprint density at radius 2 is 2.05 bits per heavy atom. The van der Waals surface area contributed by atoms with Gasteiger partial charge in [0.25, 0.3) is 0 Å². The summed E-state index contributed by atoms with van der Waals surface area (Å²) in [6, 6.07) is 6.95. The van der Waals surface area contributed by atoms with E-state index in [0.29, 0.717) is 5.56 Å². The first-order chi connectivity index (χ1) is 10.1. The number of nitrogens with one attached hydrogen (secondary N) is 1. The fourth-order valence-electron chi connectivity index (χ4n) is 1.85. The van der Waals surface area contributed by atoms with E-state index in [4.69, 9.17) is 10.00 Å². The lowest BCUT2D eigenvalue weighted by Gasteiger charge is -2.22. The molecule has 2 unspecified atom stereocenters. The number of hydrogen-bond acceptors (Lipinski definition) is 5. The topological polar surface area (TPSA) is 103 Å². The average Bonchev–Trinajstić information content (AvgIpc) is 2.42. The summed E-state index contributed by atoms with van der Waals surface area (Å²) in [6.45, 7) is 6.81. The van der Waals surface area contributed by atoms with Crippen LogP contribution in [0.1, 0.15) is 43.6 Å². The average molecular weight is 306 g/mol. The molecule has 1 aromatic rings. The van der Waals surface area contributed by atoms with E-state index >= 15 is 0 Å². The number of hydrogen-bond donors (Lipinski definition) is 3. The molecule has 0 aliphatic carbocycles. The van der Waals surface area contributed by atoms with Crippen molar-refractivity contribution >= 4 is 6.09 Å². The molecule has 6 heteroatoms. The summed E-state index contributed by atoms with van der Waals surface area (Å²) >= 11 is 0. The van der Waals surface area contributed by atoms with E-state index in [1.165, 1.54) is 0 Å². The van der Waals surface area contributed by atoms with E-state index < -0.39 is 23.9 Å². The third kappa shape index (κ3) is 5.35. The van der Waals surface area contributed by atoms with E-state index in [1.54, 1.807) is 39.0 Å². The van der Waals surface area contributed by atoms with Gasteiger partial charge >= 0.3 is 6.09 Å². The van der Waals surface area contributed by atoms with E-state index in [9.17, 15) is 15.0 Å². The number of amides is 1. The van der Waals surface area contributed by atoms with Gasteiger partial charge in [-0.05, 0) is 33.8 Å². The molecule has 0 aromatic heterocycles. The lowest BCUT2D eigenvalue weighted by molar-refractivity contribution is 0.0128. The molecule has 3 N–H and O–H groups in total. The predicted molar refractivity (Wildman–Crippen MR) is 81.1 cm³/mol. The Labute approximate surface area is 130 Å². The molecule has 1 rings (SSSR count). The second-order valence-corrected chi connectivity index (χ2v) is 6.10. The zero-order chi connectivity index (χ0) is 16.9. The number of benzene rings is 1. The molecule has 0 radical (unpaired) electrons.